The third-order valence-electron chi connectivity index (χ3n) is 15.3. The lowest BCUT2D eigenvalue weighted by Crippen LogP contribution is -2.49. The average Bonchev–Trinajstić information content (AvgIpc) is 3.00. The molecular formula is C46H55O3P. The molecule has 2 atom stereocenters. The van der Waals surface area contributed by atoms with Crippen molar-refractivity contribution in [2.45, 2.75) is 141 Å². The van der Waals surface area contributed by atoms with Crippen LogP contribution in [0.15, 0.2) is 36.4 Å². The van der Waals surface area contributed by atoms with Crippen LogP contribution < -0.4 is 13.6 Å². The van der Waals surface area contributed by atoms with Gasteiger partial charge in [0.15, 0.2) is 0 Å². The zero-order valence-electron chi connectivity index (χ0n) is 31.2. The molecule has 0 aromatic heterocycles. The lowest BCUT2D eigenvalue weighted by molar-refractivity contribution is -0.00627. The molecule has 0 saturated heterocycles. The molecule has 10 bridgehead atoms. The molecule has 0 amide bonds. The second-order valence-electron chi connectivity index (χ2n) is 20.3. The zero-order valence-corrected chi connectivity index (χ0v) is 32.1. The first-order valence-electron chi connectivity index (χ1n) is 20.2. The summed E-state index contributed by atoms with van der Waals surface area (Å²) in [7, 11) is -1.74. The zero-order chi connectivity index (χ0) is 33.9. The molecule has 0 N–H and O–H groups in total. The molecule has 3 aliphatic heterocycles. The fourth-order valence-electron chi connectivity index (χ4n) is 14.4. The Labute approximate surface area is 301 Å². The minimum atomic E-state index is -1.74. The third-order valence-corrected chi connectivity index (χ3v) is 16.3. The minimum absolute atomic E-state index is 0.00961. The Kier molecular flexibility index (Phi) is 6.42. The number of aryl methyl sites for hydroxylation is 3. The second kappa shape index (κ2) is 10.3. The first kappa shape index (κ1) is 31.1. The number of benzene rings is 3. The molecule has 8 saturated carbocycles. The van der Waals surface area contributed by atoms with E-state index in [9.17, 15) is 0 Å². The predicted molar refractivity (Wildman–Crippen MR) is 202 cm³/mol. The van der Waals surface area contributed by atoms with Crippen LogP contribution in [-0.2, 0) is 16.2 Å². The van der Waals surface area contributed by atoms with Crippen LogP contribution in [0.5, 0.6) is 17.2 Å². The van der Waals surface area contributed by atoms with Gasteiger partial charge in [0.05, 0.1) is 0 Å². The van der Waals surface area contributed by atoms with Crippen molar-refractivity contribution in [3.8, 4) is 17.2 Å². The van der Waals surface area contributed by atoms with E-state index in [2.05, 4.69) is 77.9 Å². The maximum Gasteiger partial charge on any atom is 0.530 e. The average molecular weight is 687 g/mol. The van der Waals surface area contributed by atoms with Crippen LogP contribution >= 0.6 is 8.60 Å². The Morgan fingerprint density at radius 1 is 0.540 bits per heavy atom. The molecule has 3 aromatic carbocycles. The molecule has 8 aliphatic carbocycles. The van der Waals surface area contributed by atoms with Gasteiger partial charge in [0.2, 0.25) is 0 Å². The highest BCUT2D eigenvalue weighted by atomic mass is 31.2. The van der Waals surface area contributed by atoms with Crippen molar-refractivity contribution in [3.05, 3.63) is 86.5 Å². The molecule has 50 heavy (non-hydrogen) atoms. The lowest BCUT2D eigenvalue weighted by atomic mass is 9.47. The Morgan fingerprint density at radius 2 is 0.980 bits per heavy atom. The van der Waals surface area contributed by atoms with Crippen molar-refractivity contribution in [2.75, 3.05) is 0 Å². The van der Waals surface area contributed by atoms with Crippen molar-refractivity contribution >= 4 is 8.60 Å². The van der Waals surface area contributed by atoms with E-state index in [0.29, 0.717) is 0 Å². The van der Waals surface area contributed by atoms with E-state index in [1.165, 1.54) is 122 Å². The molecule has 0 radical (unpaired) electrons. The lowest BCUT2D eigenvalue weighted by Gasteiger charge is -2.58. The molecule has 3 heterocycles. The summed E-state index contributed by atoms with van der Waals surface area (Å²) in [6.07, 6.45) is 16.7. The first-order chi connectivity index (χ1) is 23.9. The van der Waals surface area contributed by atoms with E-state index in [-0.39, 0.29) is 22.2 Å². The van der Waals surface area contributed by atoms with Crippen molar-refractivity contribution in [2.24, 2.45) is 35.5 Å². The van der Waals surface area contributed by atoms with Gasteiger partial charge in [-0.1, -0.05) is 62.2 Å². The summed E-state index contributed by atoms with van der Waals surface area (Å²) >= 11 is 0. The quantitative estimate of drug-likeness (QED) is 0.251. The van der Waals surface area contributed by atoms with E-state index in [4.69, 9.17) is 13.6 Å². The van der Waals surface area contributed by atoms with E-state index >= 15 is 0 Å². The van der Waals surface area contributed by atoms with Crippen LogP contribution in [0.2, 0.25) is 0 Å². The van der Waals surface area contributed by atoms with Gasteiger partial charge < -0.3 is 13.6 Å². The van der Waals surface area contributed by atoms with Crippen molar-refractivity contribution in [1.82, 2.24) is 0 Å². The SMILES string of the molecule is Cc1cc2c(c(C(C)(C)C)c1)OP1Oc3cc(C)cc(C45CC6CC(CC(C6)C4)C5)c3C2c2cc(C)cc(C34CC5CC(CC(C5)C3)C4)c2O1. The van der Waals surface area contributed by atoms with Gasteiger partial charge in [0.1, 0.15) is 17.2 Å². The van der Waals surface area contributed by atoms with E-state index < -0.39 is 8.60 Å². The van der Waals surface area contributed by atoms with Gasteiger partial charge in [-0.15, -0.1) is 0 Å². The van der Waals surface area contributed by atoms with E-state index in [1.807, 2.05) is 0 Å². The Morgan fingerprint density at radius 3 is 1.52 bits per heavy atom. The molecule has 3 nitrogen and oxygen atoms in total. The standard InChI is InChI=1S/C46H55O3P/c1-25-7-34-40-35-8-26(2)11-38(46-22-31-16-32(23-46)18-33(17-31)24-46)43(35)49-50(48-42(34)37(10-25)44(4,5)6)47-39-12-27(3)9-36(41(39)40)45-19-28-13-29(20-45)15-30(14-28)21-45/h7-12,28-33,40H,13-24H2,1-6H3. The fourth-order valence-corrected chi connectivity index (χ4v) is 15.5. The molecule has 2 unspecified atom stereocenters. The Balaban J connectivity index is 1.21. The van der Waals surface area contributed by atoms with Crippen LogP contribution in [0.1, 0.15) is 154 Å². The fraction of sp³-hybridized carbons (Fsp3) is 0.609. The van der Waals surface area contributed by atoms with Crippen LogP contribution in [0.4, 0.5) is 0 Å². The van der Waals surface area contributed by atoms with E-state index in [0.717, 1.165) is 52.8 Å². The largest absolute Gasteiger partial charge is 0.530 e. The van der Waals surface area contributed by atoms with Crippen molar-refractivity contribution in [3.63, 3.8) is 0 Å². The summed E-state index contributed by atoms with van der Waals surface area (Å²) in [5, 5.41) is 0. The Hall–Kier alpha value is -2.51. The van der Waals surface area contributed by atoms with Gasteiger partial charge in [-0.05, 0) is 167 Å². The van der Waals surface area contributed by atoms with Crippen LogP contribution in [0.25, 0.3) is 0 Å². The highest BCUT2D eigenvalue weighted by molar-refractivity contribution is 7.43. The molecule has 14 rings (SSSR count). The first-order valence-corrected chi connectivity index (χ1v) is 21.3. The van der Waals surface area contributed by atoms with Gasteiger partial charge in [-0.3, -0.25) is 0 Å². The molecule has 8 fully saturated rings. The monoisotopic (exact) mass is 686 g/mol. The van der Waals surface area contributed by atoms with Gasteiger partial charge in [-0.25, -0.2) is 0 Å². The van der Waals surface area contributed by atoms with Gasteiger partial charge >= 0.3 is 8.60 Å². The summed E-state index contributed by atoms with van der Waals surface area (Å²) in [6, 6.07) is 14.8. The van der Waals surface area contributed by atoms with Gasteiger partial charge in [0.25, 0.3) is 0 Å². The topological polar surface area (TPSA) is 27.7 Å². The molecule has 11 aliphatic rings. The molecule has 0 spiro atoms. The van der Waals surface area contributed by atoms with Crippen LogP contribution in [0.3, 0.4) is 0 Å². The maximum absolute atomic E-state index is 7.34. The minimum Gasteiger partial charge on any atom is -0.408 e. The summed E-state index contributed by atoms with van der Waals surface area (Å²) in [4.78, 5) is 0. The van der Waals surface area contributed by atoms with Crippen LogP contribution in [0, 0.1) is 56.3 Å². The number of hydrogen-bond donors (Lipinski definition) is 0. The predicted octanol–water partition coefficient (Wildman–Crippen LogP) is 12.4. The highest BCUT2D eigenvalue weighted by Gasteiger charge is 2.56. The summed E-state index contributed by atoms with van der Waals surface area (Å²) < 4.78 is 21.8. The highest BCUT2D eigenvalue weighted by Crippen LogP contribution is 2.68. The van der Waals surface area contributed by atoms with Crippen molar-refractivity contribution < 1.29 is 13.6 Å². The number of rotatable bonds is 2. The van der Waals surface area contributed by atoms with Crippen molar-refractivity contribution in [1.29, 1.82) is 0 Å². The smallest absolute Gasteiger partial charge is 0.408 e. The molecule has 262 valence electrons. The molecule has 4 heteroatoms. The van der Waals surface area contributed by atoms with E-state index in [1.54, 1.807) is 5.56 Å². The summed E-state index contributed by atoms with van der Waals surface area (Å²) in [5.74, 6) is 8.35. The molecular weight excluding hydrogens is 631 g/mol. The maximum atomic E-state index is 7.34. The summed E-state index contributed by atoms with van der Waals surface area (Å²) in [6.45, 7) is 13.9. The second-order valence-corrected chi connectivity index (χ2v) is 21.3. The van der Waals surface area contributed by atoms with Crippen LogP contribution in [-0.4, -0.2) is 0 Å². The summed E-state index contributed by atoms with van der Waals surface area (Å²) in [5.41, 5.74) is 12.8. The normalized spacial score (nSPS) is 38.3. The number of hydrogen-bond acceptors (Lipinski definition) is 3. The van der Waals surface area contributed by atoms with Gasteiger partial charge in [0, 0.05) is 33.7 Å². The van der Waals surface area contributed by atoms with Gasteiger partial charge in [-0.2, -0.15) is 0 Å². The molecule has 3 aromatic rings. The Bertz CT molecular complexity index is 1880. The third kappa shape index (κ3) is 4.50.